The number of ether oxygens (including phenoxy) is 2. The van der Waals surface area contributed by atoms with Gasteiger partial charge in [-0.05, 0) is 60.7 Å². The van der Waals surface area contributed by atoms with Crippen LogP contribution in [0, 0.1) is 13.8 Å². The Hall–Kier alpha value is -3.66. The number of carbonyl (C=O) groups excluding carboxylic acids is 2. The molecule has 4 rings (SSSR count). The van der Waals surface area contributed by atoms with Gasteiger partial charge in [0.05, 0.1) is 11.1 Å². The van der Waals surface area contributed by atoms with Gasteiger partial charge in [-0.25, -0.2) is 4.79 Å². The van der Waals surface area contributed by atoms with Crippen LogP contribution in [0.3, 0.4) is 0 Å². The number of rotatable bonds is 4. The van der Waals surface area contributed by atoms with E-state index < -0.39 is 5.97 Å². The van der Waals surface area contributed by atoms with Crippen molar-refractivity contribution in [2.75, 3.05) is 0 Å². The maximum atomic E-state index is 12.9. The van der Waals surface area contributed by atoms with Gasteiger partial charge in [0.1, 0.15) is 11.5 Å². The molecule has 31 heavy (non-hydrogen) atoms. The van der Waals surface area contributed by atoms with Gasteiger partial charge in [0, 0.05) is 6.07 Å². The molecular weight excluding hydrogens is 388 g/mol. The fourth-order valence-corrected chi connectivity index (χ4v) is 3.60. The van der Waals surface area contributed by atoms with E-state index in [4.69, 9.17) is 9.47 Å². The van der Waals surface area contributed by atoms with Gasteiger partial charge in [-0.2, -0.15) is 0 Å². The van der Waals surface area contributed by atoms with E-state index >= 15 is 0 Å². The number of fused-ring (bicyclic) bond motifs is 1. The monoisotopic (exact) mass is 412 g/mol. The van der Waals surface area contributed by atoms with Crippen LogP contribution in [0.1, 0.15) is 62.7 Å². The van der Waals surface area contributed by atoms with Crippen molar-refractivity contribution in [2.24, 2.45) is 0 Å². The molecule has 1 aliphatic rings. The molecular formula is C27H24O4. The first-order valence-electron chi connectivity index (χ1n) is 10.3. The van der Waals surface area contributed by atoms with Gasteiger partial charge in [-0.3, -0.25) is 4.79 Å². The molecule has 3 aromatic rings. The maximum Gasteiger partial charge on any atom is 0.343 e. The molecule has 0 saturated carbocycles. The lowest BCUT2D eigenvalue weighted by atomic mass is 10.0. The summed E-state index contributed by atoms with van der Waals surface area (Å²) in [7, 11) is 0. The Morgan fingerprint density at radius 3 is 2.42 bits per heavy atom. The summed E-state index contributed by atoms with van der Waals surface area (Å²) in [6, 6.07) is 18.6. The first-order valence-corrected chi connectivity index (χ1v) is 10.3. The minimum atomic E-state index is -0.451. The molecule has 0 N–H and O–H groups in total. The zero-order chi connectivity index (χ0) is 22.1. The van der Waals surface area contributed by atoms with Gasteiger partial charge in [-0.15, -0.1) is 0 Å². The topological polar surface area (TPSA) is 52.6 Å². The lowest BCUT2D eigenvalue weighted by molar-refractivity contribution is 0.0734. The second-order valence-corrected chi connectivity index (χ2v) is 8.13. The van der Waals surface area contributed by atoms with E-state index in [9.17, 15) is 9.59 Å². The summed E-state index contributed by atoms with van der Waals surface area (Å²) in [5, 5.41) is 0. The van der Waals surface area contributed by atoms with Crippen LogP contribution in [0.25, 0.3) is 6.08 Å². The molecule has 0 atom stereocenters. The summed E-state index contributed by atoms with van der Waals surface area (Å²) >= 11 is 0. The molecule has 0 radical (unpaired) electrons. The van der Waals surface area contributed by atoms with Crippen molar-refractivity contribution in [3.8, 4) is 11.5 Å². The Morgan fingerprint density at radius 2 is 1.74 bits per heavy atom. The minimum absolute atomic E-state index is 0.169. The highest BCUT2D eigenvalue weighted by Gasteiger charge is 2.30. The molecule has 0 bridgehead atoms. The first-order chi connectivity index (χ1) is 14.8. The minimum Gasteiger partial charge on any atom is -0.452 e. The average Bonchev–Trinajstić information content (AvgIpc) is 3.04. The van der Waals surface area contributed by atoms with Gasteiger partial charge in [0.2, 0.25) is 5.78 Å². The van der Waals surface area contributed by atoms with Crippen molar-refractivity contribution in [1.29, 1.82) is 0 Å². The predicted octanol–water partition coefficient (Wildman–Crippen LogP) is 6.26. The number of aryl methyl sites for hydroxylation is 2. The van der Waals surface area contributed by atoms with Crippen molar-refractivity contribution >= 4 is 17.8 Å². The number of esters is 1. The van der Waals surface area contributed by atoms with Crippen LogP contribution in [0.5, 0.6) is 11.5 Å². The maximum absolute atomic E-state index is 12.9. The van der Waals surface area contributed by atoms with Crippen molar-refractivity contribution in [3.05, 3.63) is 99.8 Å². The molecule has 156 valence electrons. The third-order valence-electron chi connectivity index (χ3n) is 5.31. The second-order valence-electron chi connectivity index (χ2n) is 8.13. The number of benzene rings is 3. The fraction of sp³-hybridized carbons (Fsp3) is 0.185. The molecule has 0 amide bonds. The number of ketones is 1. The molecule has 1 heterocycles. The number of hydrogen-bond donors (Lipinski definition) is 0. The number of allylic oxidation sites excluding steroid dienone is 1. The van der Waals surface area contributed by atoms with Crippen LogP contribution in [0.15, 0.2) is 66.4 Å². The van der Waals surface area contributed by atoms with E-state index in [1.807, 2.05) is 38.1 Å². The molecule has 0 aromatic heterocycles. The Bertz CT molecular complexity index is 1200. The third kappa shape index (κ3) is 4.29. The van der Waals surface area contributed by atoms with E-state index in [-0.39, 0.29) is 11.5 Å². The fourth-order valence-electron chi connectivity index (χ4n) is 3.60. The van der Waals surface area contributed by atoms with Crippen LogP contribution >= 0.6 is 0 Å². The zero-order valence-electron chi connectivity index (χ0n) is 18.1. The summed E-state index contributed by atoms with van der Waals surface area (Å²) in [4.78, 5) is 25.4. The molecule has 0 fully saturated rings. The van der Waals surface area contributed by atoms with Crippen molar-refractivity contribution < 1.29 is 19.1 Å². The van der Waals surface area contributed by atoms with E-state index in [1.165, 1.54) is 5.56 Å². The molecule has 4 heteroatoms. The summed E-state index contributed by atoms with van der Waals surface area (Å²) in [5.74, 6) is 0.835. The van der Waals surface area contributed by atoms with Gasteiger partial charge in [0.15, 0.2) is 5.76 Å². The first kappa shape index (κ1) is 20.6. The SMILES string of the molecule is Cc1cccc(C(=O)Oc2cc(C)c3c(c2)O/C(=C\c2ccc(C(C)C)cc2)C3=O)c1. The second kappa shape index (κ2) is 8.23. The van der Waals surface area contributed by atoms with E-state index in [0.29, 0.717) is 34.1 Å². The predicted molar refractivity (Wildman–Crippen MR) is 121 cm³/mol. The lowest BCUT2D eigenvalue weighted by Gasteiger charge is -2.08. The van der Waals surface area contributed by atoms with Gasteiger partial charge in [0.25, 0.3) is 0 Å². The number of hydrogen-bond acceptors (Lipinski definition) is 4. The lowest BCUT2D eigenvalue weighted by Crippen LogP contribution is -2.09. The molecule has 0 aliphatic carbocycles. The van der Waals surface area contributed by atoms with Crippen molar-refractivity contribution in [1.82, 2.24) is 0 Å². The Kier molecular flexibility index (Phi) is 5.47. The molecule has 4 nitrogen and oxygen atoms in total. The standard InChI is InChI=1S/C27H24O4/c1-16(2)20-10-8-19(9-11-20)14-24-26(28)25-18(4)13-22(15-23(25)31-24)30-27(29)21-7-5-6-17(3)12-21/h5-16H,1-4H3/b24-14-. The van der Waals surface area contributed by atoms with E-state index in [0.717, 1.165) is 11.1 Å². The van der Waals surface area contributed by atoms with E-state index in [2.05, 4.69) is 26.0 Å². The molecule has 3 aromatic carbocycles. The summed E-state index contributed by atoms with van der Waals surface area (Å²) in [5.41, 5.74) is 4.78. The van der Waals surface area contributed by atoms with Gasteiger partial charge < -0.3 is 9.47 Å². The zero-order valence-corrected chi connectivity index (χ0v) is 18.1. The van der Waals surface area contributed by atoms with Gasteiger partial charge in [-0.1, -0.05) is 55.8 Å². The molecule has 0 spiro atoms. The summed E-state index contributed by atoms with van der Waals surface area (Å²) in [6.45, 7) is 8.00. The summed E-state index contributed by atoms with van der Waals surface area (Å²) in [6.07, 6.45) is 1.74. The van der Waals surface area contributed by atoms with Crippen LogP contribution in [0.2, 0.25) is 0 Å². The third-order valence-corrected chi connectivity index (χ3v) is 5.31. The largest absolute Gasteiger partial charge is 0.452 e. The Balaban J connectivity index is 1.58. The number of Topliss-reactive ketones (excluding diaryl/α,β-unsaturated/α-hetero) is 1. The van der Waals surface area contributed by atoms with Crippen LogP contribution < -0.4 is 9.47 Å². The number of carbonyl (C=O) groups is 2. The molecule has 0 saturated heterocycles. The highest BCUT2D eigenvalue weighted by molar-refractivity contribution is 6.15. The van der Waals surface area contributed by atoms with Crippen LogP contribution in [0.4, 0.5) is 0 Å². The van der Waals surface area contributed by atoms with Gasteiger partial charge >= 0.3 is 5.97 Å². The smallest absolute Gasteiger partial charge is 0.343 e. The van der Waals surface area contributed by atoms with Crippen LogP contribution in [-0.2, 0) is 0 Å². The highest BCUT2D eigenvalue weighted by Crippen LogP contribution is 2.37. The highest BCUT2D eigenvalue weighted by atomic mass is 16.5. The molecule has 0 unspecified atom stereocenters. The normalized spacial score (nSPS) is 14.0. The average molecular weight is 412 g/mol. The summed E-state index contributed by atoms with van der Waals surface area (Å²) < 4.78 is 11.4. The van der Waals surface area contributed by atoms with Crippen molar-refractivity contribution in [2.45, 2.75) is 33.6 Å². The van der Waals surface area contributed by atoms with Crippen LogP contribution in [-0.4, -0.2) is 11.8 Å². The Labute approximate surface area is 182 Å². The Morgan fingerprint density at radius 1 is 1.00 bits per heavy atom. The van der Waals surface area contributed by atoms with Crippen molar-refractivity contribution in [3.63, 3.8) is 0 Å². The van der Waals surface area contributed by atoms with E-state index in [1.54, 1.807) is 30.3 Å². The quantitative estimate of drug-likeness (QED) is 0.288. The molecule has 1 aliphatic heterocycles.